The molecule has 0 atom stereocenters. The van der Waals surface area contributed by atoms with Gasteiger partial charge in [0.2, 0.25) is 0 Å². The van der Waals surface area contributed by atoms with E-state index in [0.29, 0.717) is 13.2 Å². The molecule has 142 valence electrons. The largest absolute Gasteiger partial charge is 0.394 e. The van der Waals surface area contributed by atoms with E-state index in [9.17, 15) is 0 Å². The molecule has 0 unspecified atom stereocenters. The molecule has 0 aliphatic carbocycles. The second-order valence-corrected chi connectivity index (χ2v) is 6.56. The van der Waals surface area contributed by atoms with E-state index in [4.69, 9.17) is 14.9 Å². The second kappa shape index (κ2) is 10.0. The standard InChI is InChI=1S/C22H27N3O2/c1-18-7-9-20(10-8-18)22-21(15-23-11-13-27-14-12-26)17-25(24-22)16-19-5-3-2-4-6-19/h2-10,17,23,26H,11-16H2,1H3. The number of aliphatic hydroxyl groups is 1. The van der Waals surface area contributed by atoms with Gasteiger partial charge in [0.05, 0.1) is 32.1 Å². The molecule has 1 aromatic heterocycles. The van der Waals surface area contributed by atoms with Crippen LogP contribution in [0.15, 0.2) is 60.8 Å². The Bertz CT molecular complexity index is 813. The number of nitrogens with one attached hydrogen (secondary N) is 1. The van der Waals surface area contributed by atoms with E-state index in [2.05, 4.69) is 67.0 Å². The highest BCUT2D eigenvalue weighted by molar-refractivity contribution is 5.63. The van der Waals surface area contributed by atoms with Gasteiger partial charge in [-0.2, -0.15) is 5.10 Å². The van der Waals surface area contributed by atoms with Gasteiger partial charge in [0, 0.05) is 30.4 Å². The Hall–Kier alpha value is -2.47. The lowest BCUT2D eigenvalue weighted by Crippen LogP contribution is -2.20. The summed E-state index contributed by atoms with van der Waals surface area (Å²) in [6, 6.07) is 18.8. The van der Waals surface area contributed by atoms with Crippen molar-refractivity contribution >= 4 is 0 Å². The first kappa shape index (κ1) is 19.3. The maximum Gasteiger partial charge on any atom is 0.0968 e. The summed E-state index contributed by atoms with van der Waals surface area (Å²) in [7, 11) is 0. The Kier molecular flexibility index (Phi) is 7.16. The minimum atomic E-state index is 0.0594. The van der Waals surface area contributed by atoms with E-state index in [1.165, 1.54) is 11.1 Å². The Morgan fingerprint density at radius 2 is 1.81 bits per heavy atom. The number of aliphatic hydroxyl groups excluding tert-OH is 1. The number of rotatable bonds is 10. The molecule has 5 nitrogen and oxygen atoms in total. The number of nitrogens with zero attached hydrogens (tertiary/aromatic N) is 2. The quantitative estimate of drug-likeness (QED) is 0.542. The molecule has 3 rings (SSSR count). The van der Waals surface area contributed by atoms with Crippen LogP contribution >= 0.6 is 0 Å². The van der Waals surface area contributed by atoms with E-state index in [1.54, 1.807) is 0 Å². The average molecular weight is 365 g/mol. The molecule has 0 aliphatic heterocycles. The van der Waals surface area contributed by atoms with Crippen LogP contribution in [0.25, 0.3) is 11.3 Å². The molecule has 3 aromatic rings. The van der Waals surface area contributed by atoms with Crippen LogP contribution in [0.3, 0.4) is 0 Å². The highest BCUT2D eigenvalue weighted by Crippen LogP contribution is 2.23. The number of hydrogen-bond donors (Lipinski definition) is 2. The smallest absolute Gasteiger partial charge is 0.0968 e. The van der Waals surface area contributed by atoms with Crippen molar-refractivity contribution in [3.63, 3.8) is 0 Å². The van der Waals surface area contributed by atoms with Crippen molar-refractivity contribution in [2.24, 2.45) is 0 Å². The van der Waals surface area contributed by atoms with Crippen LogP contribution in [0, 0.1) is 6.92 Å². The normalized spacial score (nSPS) is 11.0. The van der Waals surface area contributed by atoms with Crippen molar-refractivity contribution in [1.82, 2.24) is 15.1 Å². The number of ether oxygens (including phenoxy) is 1. The molecule has 0 radical (unpaired) electrons. The van der Waals surface area contributed by atoms with Crippen LogP contribution in [0.4, 0.5) is 0 Å². The van der Waals surface area contributed by atoms with Crippen LogP contribution < -0.4 is 5.32 Å². The van der Waals surface area contributed by atoms with Crippen LogP contribution in [0.5, 0.6) is 0 Å². The Morgan fingerprint density at radius 3 is 2.56 bits per heavy atom. The summed E-state index contributed by atoms with van der Waals surface area (Å²) >= 11 is 0. The third-order valence-electron chi connectivity index (χ3n) is 4.32. The van der Waals surface area contributed by atoms with Gasteiger partial charge in [-0.25, -0.2) is 0 Å². The van der Waals surface area contributed by atoms with Crippen LogP contribution in [-0.2, 0) is 17.8 Å². The maximum atomic E-state index is 8.75. The monoisotopic (exact) mass is 365 g/mol. The molecule has 0 fully saturated rings. The molecule has 0 spiro atoms. The molecule has 5 heteroatoms. The van der Waals surface area contributed by atoms with Crippen LogP contribution in [0.2, 0.25) is 0 Å². The van der Waals surface area contributed by atoms with Crippen molar-refractivity contribution in [3.8, 4) is 11.3 Å². The van der Waals surface area contributed by atoms with E-state index >= 15 is 0 Å². The lowest BCUT2D eigenvalue weighted by Gasteiger charge is -2.06. The number of benzene rings is 2. The molecule has 0 saturated carbocycles. The summed E-state index contributed by atoms with van der Waals surface area (Å²) < 4.78 is 7.30. The van der Waals surface area contributed by atoms with Gasteiger partial charge in [0.1, 0.15) is 0 Å². The van der Waals surface area contributed by atoms with Crippen molar-refractivity contribution < 1.29 is 9.84 Å². The van der Waals surface area contributed by atoms with Crippen LogP contribution in [-0.4, -0.2) is 41.3 Å². The zero-order chi connectivity index (χ0) is 18.9. The van der Waals surface area contributed by atoms with E-state index in [-0.39, 0.29) is 6.61 Å². The molecule has 0 saturated heterocycles. The molecule has 0 amide bonds. The van der Waals surface area contributed by atoms with E-state index in [0.717, 1.165) is 36.5 Å². The van der Waals surface area contributed by atoms with Crippen molar-refractivity contribution in [1.29, 1.82) is 0 Å². The lowest BCUT2D eigenvalue weighted by molar-refractivity contribution is 0.0938. The molecular formula is C22H27N3O2. The molecular weight excluding hydrogens is 338 g/mol. The maximum absolute atomic E-state index is 8.75. The summed E-state index contributed by atoms with van der Waals surface area (Å²) in [4.78, 5) is 0. The third kappa shape index (κ3) is 5.76. The van der Waals surface area contributed by atoms with Gasteiger partial charge < -0.3 is 15.2 Å². The minimum Gasteiger partial charge on any atom is -0.394 e. The highest BCUT2D eigenvalue weighted by Gasteiger charge is 2.11. The fourth-order valence-corrected chi connectivity index (χ4v) is 2.93. The van der Waals surface area contributed by atoms with Crippen molar-refractivity contribution in [2.75, 3.05) is 26.4 Å². The zero-order valence-corrected chi connectivity index (χ0v) is 15.8. The Labute approximate surface area is 160 Å². The van der Waals surface area contributed by atoms with Gasteiger partial charge in [-0.05, 0) is 12.5 Å². The second-order valence-electron chi connectivity index (χ2n) is 6.56. The number of aromatic nitrogens is 2. The van der Waals surface area contributed by atoms with Crippen LogP contribution in [0.1, 0.15) is 16.7 Å². The first-order valence-corrected chi connectivity index (χ1v) is 9.33. The summed E-state index contributed by atoms with van der Waals surface area (Å²) in [5.41, 5.74) is 5.77. The van der Waals surface area contributed by atoms with E-state index in [1.807, 2.05) is 10.7 Å². The highest BCUT2D eigenvalue weighted by atomic mass is 16.5. The predicted octanol–water partition coefficient (Wildman–Crippen LogP) is 3.01. The van der Waals surface area contributed by atoms with Gasteiger partial charge in [0.15, 0.2) is 0 Å². The topological polar surface area (TPSA) is 59.3 Å². The van der Waals surface area contributed by atoms with Gasteiger partial charge >= 0.3 is 0 Å². The minimum absolute atomic E-state index is 0.0594. The summed E-state index contributed by atoms with van der Waals surface area (Å²) in [6.45, 7) is 5.32. The Morgan fingerprint density at radius 1 is 1.04 bits per heavy atom. The predicted molar refractivity (Wildman–Crippen MR) is 108 cm³/mol. The number of aryl methyl sites for hydroxylation is 1. The molecule has 1 heterocycles. The zero-order valence-electron chi connectivity index (χ0n) is 15.8. The molecule has 2 N–H and O–H groups in total. The average Bonchev–Trinajstić information content (AvgIpc) is 3.08. The lowest BCUT2D eigenvalue weighted by atomic mass is 10.1. The number of hydrogen-bond acceptors (Lipinski definition) is 4. The molecule has 0 aliphatic rings. The molecule has 2 aromatic carbocycles. The summed E-state index contributed by atoms with van der Waals surface area (Å²) in [5.74, 6) is 0. The Balaban J connectivity index is 1.73. The fourth-order valence-electron chi connectivity index (χ4n) is 2.93. The van der Waals surface area contributed by atoms with Crippen molar-refractivity contribution in [3.05, 3.63) is 77.5 Å². The SMILES string of the molecule is Cc1ccc(-c2nn(Cc3ccccc3)cc2CNCCOCCO)cc1. The first-order chi connectivity index (χ1) is 13.3. The van der Waals surface area contributed by atoms with Gasteiger partial charge in [0.25, 0.3) is 0 Å². The summed E-state index contributed by atoms with van der Waals surface area (Å²) in [5, 5.41) is 17.0. The molecule has 27 heavy (non-hydrogen) atoms. The first-order valence-electron chi connectivity index (χ1n) is 9.33. The van der Waals surface area contributed by atoms with Gasteiger partial charge in [-0.3, -0.25) is 4.68 Å². The van der Waals surface area contributed by atoms with Gasteiger partial charge in [-0.1, -0.05) is 60.2 Å². The van der Waals surface area contributed by atoms with Crippen molar-refractivity contribution in [2.45, 2.75) is 20.0 Å². The van der Waals surface area contributed by atoms with E-state index < -0.39 is 0 Å². The van der Waals surface area contributed by atoms with Gasteiger partial charge in [-0.15, -0.1) is 0 Å². The third-order valence-corrected chi connectivity index (χ3v) is 4.32. The summed E-state index contributed by atoms with van der Waals surface area (Å²) in [6.07, 6.45) is 2.11. The molecule has 0 bridgehead atoms. The fraction of sp³-hybridized carbons (Fsp3) is 0.318.